The van der Waals surface area contributed by atoms with E-state index in [1.54, 1.807) is 0 Å². The molecular weight excluding hydrogens is 276 g/mol. The normalized spacial score (nSPS) is 19.5. The third kappa shape index (κ3) is 4.28. The summed E-state index contributed by atoms with van der Waals surface area (Å²) in [4.78, 5) is 18.5. The van der Waals surface area contributed by atoms with Crippen LogP contribution in [0, 0.1) is 6.92 Å². The van der Waals surface area contributed by atoms with Crippen LogP contribution in [0.25, 0.3) is 0 Å². The van der Waals surface area contributed by atoms with E-state index >= 15 is 0 Å². The molecule has 1 aliphatic rings. The number of aliphatic imine (C=N–C) groups is 1. The second-order valence-corrected chi connectivity index (χ2v) is 6.14. The molecule has 0 aromatic heterocycles. The lowest BCUT2D eigenvalue weighted by molar-refractivity contribution is -0.116. The number of rotatable bonds is 5. The van der Waals surface area contributed by atoms with Crippen LogP contribution in [0.3, 0.4) is 0 Å². The molecule has 4 heteroatoms. The number of aliphatic hydroxyl groups is 1. The number of nitrogens with zero attached hydrogens (tertiary/aromatic N) is 2. The molecule has 0 saturated heterocycles. The second-order valence-electron chi connectivity index (χ2n) is 6.14. The van der Waals surface area contributed by atoms with Crippen molar-refractivity contribution in [3.63, 3.8) is 0 Å². The van der Waals surface area contributed by atoms with Crippen molar-refractivity contribution in [3.05, 3.63) is 46.7 Å². The molecule has 0 amide bonds. The van der Waals surface area contributed by atoms with E-state index < -0.39 is 0 Å². The zero-order valence-electron chi connectivity index (χ0n) is 13.5. The highest BCUT2D eigenvalue weighted by Crippen LogP contribution is 2.33. The summed E-state index contributed by atoms with van der Waals surface area (Å²) in [6.07, 6.45) is 2.47. The number of ketones is 1. The monoisotopic (exact) mass is 300 g/mol. The van der Waals surface area contributed by atoms with E-state index in [2.05, 4.69) is 4.99 Å². The van der Waals surface area contributed by atoms with E-state index in [0.717, 1.165) is 12.1 Å². The number of aliphatic hydroxyl groups excluding tert-OH is 1. The Balaban J connectivity index is 2.06. The molecular formula is C18H24N2O2. The molecule has 1 atom stereocenters. The summed E-state index contributed by atoms with van der Waals surface area (Å²) >= 11 is 0. The minimum Gasteiger partial charge on any atom is -0.511 e. The number of aryl methyl sites for hydroxylation is 1. The molecule has 118 valence electrons. The van der Waals surface area contributed by atoms with Crippen molar-refractivity contribution >= 4 is 12.0 Å². The minimum atomic E-state index is -0.0251. The second kappa shape index (κ2) is 7.36. The Labute approximate surface area is 132 Å². The van der Waals surface area contributed by atoms with Crippen molar-refractivity contribution in [2.75, 3.05) is 27.2 Å². The van der Waals surface area contributed by atoms with E-state index in [1.165, 1.54) is 11.8 Å². The molecule has 0 bridgehead atoms. The maximum Gasteiger partial charge on any atom is 0.168 e. The Kier molecular flexibility index (Phi) is 5.50. The van der Waals surface area contributed by atoms with Gasteiger partial charge in [-0.2, -0.15) is 0 Å². The van der Waals surface area contributed by atoms with E-state index in [-0.39, 0.29) is 17.5 Å². The third-order valence-corrected chi connectivity index (χ3v) is 3.93. The van der Waals surface area contributed by atoms with Crippen LogP contribution >= 0.6 is 0 Å². The Morgan fingerprint density at radius 3 is 2.55 bits per heavy atom. The Hall–Kier alpha value is -1.94. The quantitative estimate of drug-likeness (QED) is 0.851. The van der Waals surface area contributed by atoms with Gasteiger partial charge >= 0.3 is 0 Å². The summed E-state index contributed by atoms with van der Waals surface area (Å²) in [6, 6.07) is 8.16. The molecule has 0 aliphatic heterocycles. The maximum absolute atomic E-state index is 12.3. The van der Waals surface area contributed by atoms with Crippen LogP contribution in [0.15, 0.2) is 40.6 Å². The van der Waals surface area contributed by atoms with Crippen LogP contribution in [-0.4, -0.2) is 49.2 Å². The first-order valence-corrected chi connectivity index (χ1v) is 7.64. The number of carbonyl (C=O) groups excluding carboxylic acids is 1. The fourth-order valence-corrected chi connectivity index (χ4v) is 2.54. The summed E-state index contributed by atoms with van der Waals surface area (Å²) in [5.74, 6) is 0.199. The predicted octanol–water partition coefficient (Wildman–Crippen LogP) is 2.89. The smallest absolute Gasteiger partial charge is 0.168 e. The SMILES string of the molecule is Cc1ccc(C2CC(=O)C(C=NCCN(C)C)=C(O)C2)cc1. The van der Waals surface area contributed by atoms with Gasteiger partial charge in [-0.3, -0.25) is 9.79 Å². The van der Waals surface area contributed by atoms with Gasteiger partial charge in [-0.05, 0) is 32.5 Å². The number of hydrogen-bond donors (Lipinski definition) is 1. The van der Waals surface area contributed by atoms with Crippen LogP contribution < -0.4 is 0 Å². The zero-order valence-corrected chi connectivity index (χ0v) is 13.5. The van der Waals surface area contributed by atoms with Gasteiger partial charge in [-0.1, -0.05) is 29.8 Å². The van der Waals surface area contributed by atoms with Gasteiger partial charge in [0.1, 0.15) is 5.76 Å². The highest BCUT2D eigenvalue weighted by atomic mass is 16.3. The lowest BCUT2D eigenvalue weighted by atomic mass is 9.83. The molecule has 4 nitrogen and oxygen atoms in total. The summed E-state index contributed by atoms with van der Waals surface area (Å²) in [6.45, 7) is 3.48. The Morgan fingerprint density at radius 1 is 1.27 bits per heavy atom. The van der Waals surface area contributed by atoms with E-state index in [4.69, 9.17) is 0 Å². The fraction of sp³-hybridized carbons (Fsp3) is 0.444. The average molecular weight is 300 g/mol. The van der Waals surface area contributed by atoms with Crippen molar-refractivity contribution < 1.29 is 9.90 Å². The molecule has 0 radical (unpaired) electrons. The summed E-state index contributed by atoms with van der Waals surface area (Å²) in [7, 11) is 3.95. The molecule has 0 fully saturated rings. The minimum absolute atomic E-state index is 0.0251. The highest BCUT2D eigenvalue weighted by Gasteiger charge is 2.27. The number of hydrogen-bond acceptors (Lipinski definition) is 4. The number of Topliss-reactive ketones (excluding diaryl/α,β-unsaturated/α-hetero) is 1. The topological polar surface area (TPSA) is 52.9 Å². The molecule has 2 rings (SSSR count). The maximum atomic E-state index is 12.3. The van der Waals surface area contributed by atoms with E-state index in [0.29, 0.717) is 25.0 Å². The molecule has 0 heterocycles. The van der Waals surface area contributed by atoms with Gasteiger partial charge in [-0.25, -0.2) is 0 Å². The van der Waals surface area contributed by atoms with Gasteiger partial charge in [0, 0.05) is 25.6 Å². The van der Waals surface area contributed by atoms with Crippen LogP contribution in [-0.2, 0) is 4.79 Å². The standard InChI is InChI=1S/C18H24N2O2/c1-13-4-6-14(7-5-13)15-10-17(21)16(18(22)11-15)12-19-8-9-20(2)3/h4-7,12,15,21H,8-11H2,1-3H3. The van der Waals surface area contributed by atoms with Crippen LogP contribution in [0.4, 0.5) is 0 Å². The molecule has 0 spiro atoms. The Morgan fingerprint density at radius 2 is 1.95 bits per heavy atom. The van der Waals surface area contributed by atoms with Crippen molar-refractivity contribution in [1.82, 2.24) is 4.90 Å². The van der Waals surface area contributed by atoms with Crippen molar-refractivity contribution in [2.24, 2.45) is 4.99 Å². The number of carbonyl (C=O) groups is 1. The highest BCUT2D eigenvalue weighted by molar-refractivity contribution is 6.14. The fourth-order valence-electron chi connectivity index (χ4n) is 2.54. The van der Waals surface area contributed by atoms with Crippen LogP contribution in [0.5, 0.6) is 0 Å². The number of likely N-dealkylation sites (N-methyl/N-ethyl adjacent to an activating group) is 1. The Bertz CT molecular complexity index is 586. The first kappa shape index (κ1) is 16.4. The molecule has 1 aromatic carbocycles. The molecule has 0 saturated carbocycles. The molecule has 1 aliphatic carbocycles. The van der Waals surface area contributed by atoms with Crippen molar-refractivity contribution in [1.29, 1.82) is 0 Å². The largest absolute Gasteiger partial charge is 0.511 e. The van der Waals surface area contributed by atoms with Crippen molar-refractivity contribution in [2.45, 2.75) is 25.7 Å². The lowest BCUT2D eigenvalue weighted by Crippen LogP contribution is -2.20. The lowest BCUT2D eigenvalue weighted by Gasteiger charge is -2.22. The summed E-state index contributed by atoms with van der Waals surface area (Å²) < 4.78 is 0. The molecule has 1 aromatic rings. The van der Waals surface area contributed by atoms with E-state index in [9.17, 15) is 9.90 Å². The first-order valence-electron chi connectivity index (χ1n) is 7.64. The first-order chi connectivity index (χ1) is 10.5. The van der Waals surface area contributed by atoms with Gasteiger partial charge in [0.05, 0.1) is 12.1 Å². The van der Waals surface area contributed by atoms with Gasteiger partial charge in [0.15, 0.2) is 5.78 Å². The van der Waals surface area contributed by atoms with Crippen LogP contribution in [0.1, 0.15) is 29.9 Å². The molecule has 1 unspecified atom stereocenters. The van der Waals surface area contributed by atoms with Gasteiger partial charge in [-0.15, -0.1) is 0 Å². The molecule has 1 N–H and O–H groups in total. The third-order valence-electron chi connectivity index (χ3n) is 3.93. The summed E-state index contributed by atoms with van der Waals surface area (Å²) in [5, 5.41) is 10.2. The van der Waals surface area contributed by atoms with Crippen LogP contribution in [0.2, 0.25) is 0 Å². The van der Waals surface area contributed by atoms with Gasteiger partial charge in [0.2, 0.25) is 0 Å². The number of benzene rings is 1. The predicted molar refractivity (Wildman–Crippen MR) is 89.7 cm³/mol. The van der Waals surface area contributed by atoms with E-state index in [1.807, 2.05) is 50.2 Å². The number of allylic oxidation sites excluding steroid dienone is 2. The van der Waals surface area contributed by atoms with Crippen molar-refractivity contribution in [3.8, 4) is 0 Å². The van der Waals surface area contributed by atoms with Gasteiger partial charge in [0.25, 0.3) is 0 Å². The van der Waals surface area contributed by atoms with Gasteiger partial charge < -0.3 is 10.0 Å². The summed E-state index contributed by atoms with van der Waals surface area (Å²) in [5.41, 5.74) is 2.68. The molecule has 22 heavy (non-hydrogen) atoms. The average Bonchev–Trinajstić information content (AvgIpc) is 2.46. The zero-order chi connectivity index (χ0) is 16.1.